The van der Waals surface area contributed by atoms with Gasteiger partial charge in [0.05, 0.1) is 0 Å². The highest BCUT2D eigenvalue weighted by atomic mass is 16.5. The first-order valence-electron chi connectivity index (χ1n) is 19.7. The van der Waals surface area contributed by atoms with Gasteiger partial charge in [-0.25, -0.2) is 0 Å². The molecular formula is C51H40BN3O. The van der Waals surface area contributed by atoms with Gasteiger partial charge in [-0.15, -0.1) is 0 Å². The first-order chi connectivity index (χ1) is 27.6. The second-order valence-corrected chi connectivity index (χ2v) is 15.6. The molecule has 0 spiro atoms. The molecule has 7 aromatic carbocycles. The van der Waals surface area contributed by atoms with Crippen LogP contribution in [0.2, 0.25) is 0 Å². The molecule has 4 aliphatic rings. The number of ether oxygens (including phenoxy) is 1. The van der Waals surface area contributed by atoms with E-state index < -0.39 is 0 Å². The van der Waals surface area contributed by atoms with Crippen LogP contribution in [0.5, 0.6) is 11.5 Å². The molecule has 4 nitrogen and oxygen atoms in total. The Morgan fingerprint density at radius 2 is 1.14 bits per heavy atom. The molecule has 11 rings (SSSR count). The quantitative estimate of drug-likeness (QED) is 0.165. The summed E-state index contributed by atoms with van der Waals surface area (Å²) >= 11 is 0. The lowest BCUT2D eigenvalue weighted by molar-refractivity contribution is 0.418. The van der Waals surface area contributed by atoms with Gasteiger partial charge in [-0.2, -0.15) is 0 Å². The maximum absolute atomic E-state index is 6.52. The van der Waals surface area contributed by atoms with E-state index in [-0.39, 0.29) is 12.1 Å². The zero-order valence-corrected chi connectivity index (χ0v) is 31.6. The molecule has 0 radical (unpaired) electrons. The van der Waals surface area contributed by atoms with Gasteiger partial charge in [0.2, 0.25) is 0 Å². The fraction of sp³-hybridized carbons (Fsp3) is 0.0980. The fourth-order valence-electron chi connectivity index (χ4n) is 9.50. The average Bonchev–Trinajstić information content (AvgIpc) is 3.25. The standard InChI is InChI=1S/C51H40BN3O/c1-51(2)40-23-12-15-28-48(40)56-49-32-30-38(33-41(49)51)53(35-17-6-3-7-18-35)39-29-31-43-47(34-39)55(37-21-10-5-11-22-37)46-27-16-26-45-50(46)52(43)42-24-13-14-25-44(42)54(45)36-19-8-4-9-20-36/h4-6,8-34H,3,7H2,1-2H3. The Morgan fingerprint density at radius 3 is 1.89 bits per heavy atom. The van der Waals surface area contributed by atoms with Crippen LogP contribution in [-0.2, 0) is 5.41 Å². The zero-order chi connectivity index (χ0) is 37.4. The summed E-state index contributed by atoms with van der Waals surface area (Å²) in [5.41, 5.74) is 16.6. The normalized spacial score (nSPS) is 15.4. The number of anilines is 8. The van der Waals surface area contributed by atoms with Crippen LogP contribution in [0.25, 0.3) is 0 Å². The number of hydrogen-bond donors (Lipinski definition) is 0. The third-order valence-corrected chi connectivity index (χ3v) is 12.1. The van der Waals surface area contributed by atoms with Gasteiger partial charge in [-0.05, 0) is 114 Å². The Bertz CT molecular complexity index is 2740. The third-order valence-electron chi connectivity index (χ3n) is 12.1. The molecular weight excluding hydrogens is 681 g/mol. The molecule has 0 aromatic heterocycles. The van der Waals surface area contributed by atoms with E-state index in [0.717, 1.165) is 47.1 Å². The highest BCUT2D eigenvalue weighted by Gasteiger charge is 2.43. The number of allylic oxidation sites excluding steroid dienone is 3. The zero-order valence-electron chi connectivity index (χ0n) is 31.6. The topological polar surface area (TPSA) is 19.0 Å². The van der Waals surface area contributed by atoms with Gasteiger partial charge in [-0.3, -0.25) is 0 Å². The van der Waals surface area contributed by atoms with E-state index in [1.165, 1.54) is 56.0 Å². The van der Waals surface area contributed by atoms with Crippen molar-refractivity contribution in [3.63, 3.8) is 0 Å². The lowest BCUT2D eigenvalue weighted by Gasteiger charge is -2.44. The van der Waals surface area contributed by atoms with E-state index in [1.54, 1.807) is 0 Å². The van der Waals surface area contributed by atoms with Gasteiger partial charge in [0.1, 0.15) is 11.5 Å². The second-order valence-electron chi connectivity index (χ2n) is 15.6. The van der Waals surface area contributed by atoms with Gasteiger partial charge in [-0.1, -0.05) is 111 Å². The van der Waals surface area contributed by atoms with Gasteiger partial charge in [0.15, 0.2) is 0 Å². The molecule has 3 aliphatic heterocycles. The average molecular weight is 722 g/mol. The molecule has 7 aromatic rings. The smallest absolute Gasteiger partial charge is 0.252 e. The Kier molecular flexibility index (Phi) is 7.40. The number of nitrogens with zero attached hydrogens (tertiary/aromatic N) is 3. The summed E-state index contributed by atoms with van der Waals surface area (Å²) in [6.07, 6.45) is 9.01. The number of fused-ring (bicyclic) bond motifs is 6. The molecule has 0 bridgehead atoms. The Balaban J connectivity index is 1.13. The summed E-state index contributed by atoms with van der Waals surface area (Å²) in [5, 5.41) is 0. The van der Waals surface area contributed by atoms with Crippen LogP contribution in [0.3, 0.4) is 0 Å². The SMILES string of the molecule is CC1(C)c2ccccc2Oc2ccc(N(C3=CCCC=C3)c3ccc4c(c3)N(c3ccccc3)c3cccc5c3B4c3ccccc3N5c3ccccc3)cc21. The highest BCUT2D eigenvalue weighted by molar-refractivity contribution is 7.00. The van der Waals surface area contributed by atoms with E-state index in [1.807, 2.05) is 0 Å². The summed E-state index contributed by atoms with van der Waals surface area (Å²) in [7, 11) is 0. The molecule has 1 aliphatic carbocycles. The maximum atomic E-state index is 6.52. The molecule has 0 N–H and O–H groups in total. The van der Waals surface area contributed by atoms with Crippen LogP contribution in [0.4, 0.5) is 45.5 Å². The van der Waals surface area contributed by atoms with Crippen molar-refractivity contribution in [1.82, 2.24) is 0 Å². The summed E-state index contributed by atoms with van der Waals surface area (Å²) in [5.74, 6) is 1.85. The van der Waals surface area contributed by atoms with Crippen molar-refractivity contribution in [2.75, 3.05) is 14.7 Å². The fourth-order valence-corrected chi connectivity index (χ4v) is 9.50. The number of rotatable bonds is 5. The van der Waals surface area contributed by atoms with Gasteiger partial charge in [0, 0.05) is 67.7 Å². The Hall–Kier alpha value is -6.72. The minimum Gasteiger partial charge on any atom is -0.457 e. The first-order valence-corrected chi connectivity index (χ1v) is 19.7. The maximum Gasteiger partial charge on any atom is 0.252 e. The van der Waals surface area contributed by atoms with Crippen molar-refractivity contribution in [2.24, 2.45) is 0 Å². The number of hydrogen-bond acceptors (Lipinski definition) is 4. The van der Waals surface area contributed by atoms with Crippen molar-refractivity contribution < 1.29 is 4.74 Å². The number of para-hydroxylation sites is 4. The molecule has 0 unspecified atom stereocenters. The molecule has 0 amide bonds. The molecule has 268 valence electrons. The van der Waals surface area contributed by atoms with Crippen LogP contribution in [0, 0.1) is 0 Å². The summed E-state index contributed by atoms with van der Waals surface area (Å²) in [6.45, 7) is 4.68. The lowest BCUT2D eigenvalue weighted by atomic mass is 9.33. The van der Waals surface area contributed by atoms with Crippen molar-refractivity contribution in [1.29, 1.82) is 0 Å². The summed E-state index contributed by atoms with van der Waals surface area (Å²) in [6, 6.07) is 59.7. The Labute approximate surface area is 329 Å². The van der Waals surface area contributed by atoms with Gasteiger partial charge in [0.25, 0.3) is 6.71 Å². The summed E-state index contributed by atoms with van der Waals surface area (Å²) < 4.78 is 6.52. The van der Waals surface area contributed by atoms with Crippen molar-refractivity contribution in [3.05, 3.63) is 199 Å². The predicted molar refractivity (Wildman–Crippen MR) is 234 cm³/mol. The van der Waals surface area contributed by atoms with Crippen molar-refractivity contribution in [2.45, 2.75) is 32.1 Å². The van der Waals surface area contributed by atoms with Crippen LogP contribution in [-0.4, -0.2) is 6.71 Å². The van der Waals surface area contributed by atoms with Gasteiger partial charge < -0.3 is 19.4 Å². The van der Waals surface area contributed by atoms with E-state index in [9.17, 15) is 0 Å². The van der Waals surface area contributed by atoms with Gasteiger partial charge >= 0.3 is 0 Å². The minimum absolute atomic E-state index is 0.0605. The molecule has 3 heterocycles. The molecule has 5 heteroatoms. The molecule has 0 saturated carbocycles. The number of benzene rings is 7. The first kappa shape index (κ1) is 32.7. The largest absolute Gasteiger partial charge is 0.457 e. The van der Waals surface area contributed by atoms with Crippen LogP contribution in [0.15, 0.2) is 188 Å². The van der Waals surface area contributed by atoms with Crippen LogP contribution in [0.1, 0.15) is 37.8 Å². The van der Waals surface area contributed by atoms with Crippen molar-refractivity contribution >= 4 is 68.6 Å². The monoisotopic (exact) mass is 721 g/mol. The second kappa shape index (κ2) is 12.7. The Morgan fingerprint density at radius 1 is 0.536 bits per heavy atom. The molecule has 56 heavy (non-hydrogen) atoms. The van der Waals surface area contributed by atoms with E-state index in [4.69, 9.17) is 4.74 Å². The molecule has 0 atom stereocenters. The summed E-state index contributed by atoms with van der Waals surface area (Å²) in [4.78, 5) is 7.36. The van der Waals surface area contributed by atoms with Crippen LogP contribution < -0.4 is 35.8 Å². The highest BCUT2D eigenvalue weighted by Crippen LogP contribution is 2.50. The van der Waals surface area contributed by atoms with E-state index >= 15 is 0 Å². The molecule has 0 fully saturated rings. The predicted octanol–water partition coefficient (Wildman–Crippen LogP) is 11.6. The van der Waals surface area contributed by atoms with E-state index in [0.29, 0.717) is 0 Å². The van der Waals surface area contributed by atoms with Crippen LogP contribution >= 0.6 is 0 Å². The third kappa shape index (κ3) is 4.93. The van der Waals surface area contributed by atoms with E-state index in [2.05, 4.69) is 211 Å². The lowest BCUT2D eigenvalue weighted by Crippen LogP contribution is -2.61. The minimum atomic E-state index is -0.230. The molecule has 0 saturated heterocycles. The van der Waals surface area contributed by atoms with Crippen molar-refractivity contribution in [3.8, 4) is 11.5 Å².